The average Bonchev–Trinajstić information content (AvgIpc) is 2.69. The van der Waals surface area contributed by atoms with Crippen molar-refractivity contribution in [1.82, 2.24) is 20.1 Å². The first-order valence-electron chi connectivity index (χ1n) is 8.50. The quantitative estimate of drug-likeness (QED) is 0.821. The third kappa shape index (κ3) is 4.08. The molecule has 0 amide bonds. The van der Waals surface area contributed by atoms with Crippen molar-refractivity contribution in [1.29, 1.82) is 0 Å². The van der Waals surface area contributed by atoms with Gasteiger partial charge in [-0.2, -0.15) is 10.1 Å². The van der Waals surface area contributed by atoms with Gasteiger partial charge in [0.1, 0.15) is 11.5 Å². The Morgan fingerprint density at radius 1 is 1.12 bits per heavy atom. The lowest BCUT2D eigenvalue weighted by Crippen LogP contribution is -2.46. The van der Waals surface area contributed by atoms with Crippen molar-refractivity contribution in [2.45, 2.75) is 6.92 Å². The highest BCUT2D eigenvalue weighted by molar-refractivity contribution is 6.32. The summed E-state index contributed by atoms with van der Waals surface area (Å²) in [5.41, 5.74) is 0.656. The highest BCUT2D eigenvalue weighted by Gasteiger charge is 2.18. The minimum atomic E-state index is 0.392. The maximum atomic E-state index is 6.15. The summed E-state index contributed by atoms with van der Waals surface area (Å²) >= 11 is 6.15. The number of likely N-dealkylation sites (N-methyl/N-ethyl adjacent to an activating group) is 1. The Hall–Kier alpha value is -2.32. The summed E-state index contributed by atoms with van der Waals surface area (Å²) < 4.78 is 10.6. The molecular weight excluding hydrogens is 356 g/mol. The van der Waals surface area contributed by atoms with Gasteiger partial charge >= 0.3 is 0 Å². The summed E-state index contributed by atoms with van der Waals surface area (Å²) in [5.74, 6) is 2.30. The number of nitrogens with zero attached hydrogens (tertiary/aromatic N) is 5. The third-order valence-corrected chi connectivity index (χ3v) is 4.71. The minimum Gasteiger partial charge on any atom is -0.495 e. The Labute approximate surface area is 158 Å². The highest BCUT2D eigenvalue weighted by atomic mass is 35.5. The summed E-state index contributed by atoms with van der Waals surface area (Å²) in [4.78, 5) is 9.22. The average molecular weight is 379 g/mol. The van der Waals surface area contributed by atoms with Crippen LogP contribution in [-0.4, -0.2) is 67.0 Å². The minimum absolute atomic E-state index is 0.392. The first-order chi connectivity index (χ1) is 12.6. The summed E-state index contributed by atoms with van der Waals surface area (Å²) in [6.45, 7) is 7.13. The van der Waals surface area contributed by atoms with Gasteiger partial charge in [0, 0.05) is 38.3 Å². The lowest BCUT2D eigenvalue weighted by atomic mass is 10.2. The Morgan fingerprint density at radius 3 is 2.50 bits per heavy atom. The number of hydrogen-bond acceptors (Lipinski definition) is 8. The zero-order valence-electron chi connectivity index (χ0n) is 15.2. The Bertz CT molecular complexity index is 752. The zero-order valence-corrected chi connectivity index (χ0v) is 16.0. The van der Waals surface area contributed by atoms with E-state index in [2.05, 4.69) is 37.2 Å². The van der Waals surface area contributed by atoms with Crippen LogP contribution in [0.5, 0.6) is 11.5 Å². The lowest BCUT2D eigenvalue weighted by Gasteiger charge is -2.34. The van der Waals surface area contributed by atoms with Crippen molar-refractivity contribution >= 4 is 29.1 Å². The molecule has 2 aromatic rings. The molecule has 8 nitrogen and oxygen atoms in total. The van der Waals surface area contributed by atoms with Crippen molar-refractivity contribution in [3.05, 3.63) is 23.4 Å². The van der Waals surface area contributed by atoms with Crippen molar-refractivity contribution in [2.24, 2.45) is 0 Å². The molecular formula is C17H23ClN6O2. The molecule has 0 saturated carbocycles. The van der Waals surface area contributed by atoms with E-state index in [1.54, 1.807) is 32.5 Å². The molecule has 2 heterocycles. The maximum absolute atomic E-state index is 6.15. The van der Waals surface area contributed by atoms with Gasteiger partial charge in [-0.25, -0.2) is 0 Å². The topological polar surface area (TPSA) is 75.6 Å². The van der Waals surface area contributed by atoms with E-state index in [-0.39, 0.29) is 0 Å². The number of aromatic nitrogens is 3. The van der Waals surface area contributed by atoms with Crippen LogP contribution in [0, 0.1) is 0 Å². The van der Waals surface area contributed by atoms with E-state index < -0.39 is 0 Å². The van der Waals surface area contributed by atoms with Crippen LogP contribution in [0.2, 0.25) is 5.02 Å². The SMILES string of the molecule is CCN1CCN(c2cnnc(Nc3cc(OC)c(Cl)cc3OC)n2)CC1. The van der Waals surface area contributed by atoms with Crippen LogP contribution in [-0.2, 0) is 0 Å². The maximum Gasteiger partial charge on any atom is 0.249 e. The monoisotopic (exact) mass is 378 g/mol. The second-order valence-corrected chi connectivity index (χ2v) is 6.28. The highest BCUT2D eigenvalue weighted by Crippen LogP contribution is 2.36. The van der Waals surface area contributed by atoms with Gasteiger partial charge in [0.2, 0.25) is 5.95 Å². The van der Waals surface area contributed by atoms with Crippen molar-refractivity contribution < 1.29 is 9.47 Å². The molecule has 1 aromatic carbocycles. The molecule has 140 valence electrons. The number of nitrogens with one attached hydrogen (secondary N) is 1. The fraction of sp³-hybridized carbons (Fsp3) is 0.471. The van der Waals surface area contributed by atoms with Crippen molar-refractivity contribution in [2.75, 3.05) is 57.2 Å². The molecule has 1 saturated heterocycles. The van der Waals surface area contributed by atoms with E-state index in [0.717, 1.165) is 38.5 Å². The van der Waals surface area contributed by atoms with Crippen molar-refractivity contribution in [3.63, 3.8) is 0 Å². The van der Waals surface area contributed by atoms with Gasteiger partial charge in [0.25, 0.3) is 0 Å². The van der Waals surface area contributed by atoms with E-state index in [4.69, 9.17) is 21.1 Å². The largest absolute Gasteiger partial charge is 0.495 e. The van der Waals surface area contributed by atoms with Gasteiger partial charge in [-0.05, 0) is 6.54 Å². The van der Waals surface area contributed by atoms with Gasteiger partial charge in [-0.3, -0.25) is 0 Å². The molecule has 0 unspecified atom stereocenters. The summed E-state index contributed by atoms with van der Waals surface area (Å²) in [6, 6.07) is 3.43. The summed E-state index contributed by atoms with van der Waals surface area (Å²) in [6.07, 6.45) is 1.69. The van der Waals surface area contributed by atoms with E-state index in [1.165, 1.54) is 0 Å². The summed E-state index contributed by atoms with van der Waals surface area (Å²) in [5, 5.41) is 11.8. The Kier molecular flexibility index (Phi) is 5.95. The molecule has 1 aliphatic rings. The van der Waals surface area contributed by atoms with Gasteiger partial charge in [-0.1, -0.05) is 18.5 Å². The molecule has 0 aliphatic carbocycles. The molecule has 1 aliphatic heterocycles. The molecule has 0 spiro atoms. The van der Waals surface area contributed by atoms with Gasteiger partial charge in [-0.15, -0.1) is 5.10 Å². The zero-order chi connectivity index (χ0) is 18.5. The van der Waals surface area contributed by atoms with E-state index in [1.807, 2.05) is 0 Å². The first-order valence-corrected chi connectivity index (χ1v) is 8.88. The lowest BCUT2D eigenvalue weighted by molar-refractivity contribution is 0.270. The smallest absolute Gasteiger partial charge is 0.249 e. The molecule has 0 radical (unpaired) electrons. The molecule has 0 atom stereocenters. The second kappa shape index (κ2) is 8.37. The van der Waals surface area contributed by atoms with Gasteiger partial charge in [0.05, 0.1) is 31.1 Å². The fourth-order valence-corrected chi connectivity index (χ4v) is 3.10. The van der Waals surface area contributed by atoms with Crippen LogP contribution < -0.4 is 19.7 Å². The molecule has 26 heavy (non-hydrogen) atoms. The number of halogens is 1. The third-order valence-electron chi connectivity index (χ3n) is 4.41. The van der Waals surface area contributed by atoms with Crippen molar-refractivity contribution in [3.8, 4) is 11.5 Å². The predicted octanol–water partition coefficient (Wildman–Crippen LogP) is 2.43. The number of piperazine rings is 1. The fourth-order valence-electron chi connectivity index (χ4n) is 2.87. The predicted molar refractivity (Wildman–Crippen MR) is 102 cm³/mol. The molecule has 9 heteroatoms. The number of hydrogen-bond donors (Lipinski definition) is 1. The van der Waals surface area contributed by atoms with Crippen LogP contribution >= 0.6 is 11.6 Å². The number of anilines is 3. The molecule has 1 aromatic heterocycles. The van der Waals surface area contributed by atoms with Gasteiger partial charge < -0.3 is 24.6 Å². The normalized spacial score (nSPS) is 15.0. The van der Waals surface area contributed by atoms with Crippen LogP contribution in [0.1, 0.15) is 6.92 Å². The molecule has 3 rings (SSSR count). The second-order valence-electron chi connectivity index (χ2n) is 5.87. The first kappa shape index (κ1) is 18.5. The van der Waals surface area contributed by atoms with E-state index in [0.29, 0.717) is 28.2 Å². The number of rotatable bonds is 6. The van der Waals surface area contributed by atoms with Crippen LogP contribution in [0.25, 0.3) is 0 Å². The molecule has 0 bridgehead atoms. The van der Waals surface area contributed by atoms with E-state index >= 15 is 0 Å². The standard InChI is InChI=1S/C17H23ClN6O2/c1-4-23-5-7-24(8-6-23)16-11-19-22-17(21-16)20-13-10-14(25-2)12(18)9-15(13)26-3/h9-11H,4-8H2,1-3H3,(H,20,21,22). The Morgan fingerprint density at radius 2 is 1.85 bits per heavy atom. The summed E-state index contributed by atoms with van der Waals surface area (Å²) in [7, 11) is 3.14. The molecule has 1 N–H and O–H groups in total. The van der Waals surface area contributed by atoms with Crippen LogP contribution in [0.3, 0.4) is 0 Å². The molecule has 1 fully saturated rings. The van der Waals surface area contributed by atoms with Crippen LogP contribution in [0.4, 0.5) is 17.5 Å². The van der Waals surface area contributed by atoms with E-state index in [9.17, 15) is 0 Å². The number of ether oxygens (including phenoxy) is 2. The van der Waals surface area contributed by atoms with Crippen LogP contribution in [0.15, 0.2) is 18.3 Å². The Balaban J connectivity index is 1.79. The number of methoxy groups -OCH3 is 2. The number of benzene rings is 1. The van der Waals surface area contributed by atoms with Gasteiger partial charge in [0.15, 0.2) is 5.82 Å².